The van der Waals surface area contributed by atoms with E-state index in [4.69, 9.17) is 9.47 Å². The van der Waals surface area contributed by atoms with Crippen molar-refractivity contribution in [1.82, 2.24) is 8.61 Å². The van der Waals surface area contributed by atoms with E-state index < -0.39 is 10.2 Å². The smallest absolute Gasteiger partial charge is 0.282 e. The first-order chi connectivity index (χ1) is 11.4. The van der Waals surface area contributed by atoms with Crippen molar-refractivity contribution in [2.75, 3.05) is 26.8 Å². The van der Waals surface area contributed by atoms with Crippen molar-refractivity contribution in [3.63, 3.8) is 0 Å². The van der Waals surface area contributed by atoms with Gasteiger partial charge in [-0.25, -0.2) is 0 Å². The number of ether oxygens (including phenoxy) is 2. The summed E-state index contributed by atoms with van der Waals surface area (Å²) >= 11 is 0. The van der Waals surface area contributed by atoms with E-state index in [0.717, 1.165) is 30.6 Å². The van der Waals surface area contributed by atoms with Gasteiger partial charge in [-0.1, -0.05) is 6.07 Å². The molecule has 0 radical (unpaired) electrons. The Labute approximate surface area is 144 Å². The molecule has 0 bridgehead atoms. The van der Waals surface area contributed by atoms with Crippen LogP contribution >= 0.6 is 0 Å². The Balaban J connectivity index is 1.90. The van der Waals surface area contributed by atoms with E-state index in [-0.39, 0.29) is 12.1 Å². The molecule has 0 unspecified atom stereocenters. The van der Waals surface area contributed by atoms with Gasteiger partial charge in [0, 0.05) is 26.1 Å². The van der Waals surface area contributed by atoms with Gasteiger partial charge in [-0.15, -0.1) is 0 Å². The van der Waals surface area contributed by atoms with Crippen molar-refractivity contribution in [1.29, 1.82) is 0 Å². The van der Waals surface area contributed by atoms with Crippen LogP contribution in [0.1, 0.15) is 44.7 Å². The van der Waals surface area contributed by atoms with Crippen LogP contribution in [0.2, 0.25) is 0 Å². The van der Waals surface area contributed by atoms with Gasteiger partial charge in [-0.2, -0.15) is 17.0 Å². The van der Waals surface area contributed by atoms with Crippen LogP contribution in [0.3, 0.4) is 0 Å². The fourth-order valence-electron chi connectivity index (χ4n) is 3.17. The highest BCUT2D eigenvalue weighted by Gasteiger charge is 2.38. The topological polar surface area (TPSA) is 59.1 Å². The molecule has 0 spiro atoms. The molecule has 24 heavy (non-hydrogen) atoms. The van der Waals surface area contributed by atoms with Gasteiger partial charge >= 0.3 is 0 Å². The molecule has 6 nitrogen and oxygen atoms in total. The minimum Gasteiger partial charge on any atom is -0.490 e. The Bertz CT molecular complexity index is 690. The first-order valence-corrected chi connectivity index (χ1v) is 9.95. The van der Waals surface area contributed by atoms with Crippen LogP contribution in [0.5, 0.6) is 11.5 Å². The molecular formula is C17H26N2O4S. The predicted octanol–water partition coefficient (Wildman–Crippen LogP) is 2.57. The molecule has 0 N–H and O–H groups in total. The van der Waals surface area contributed by atoms with Crippen molar-refractivity contribution in [2.24, 2.45) is 0 Å². The van der Waals surface area contributed by atoms with Crippen molar-refractivity contribution < 1.29 is 17.9 Å². The number of hydrogen-bond acceptors (Lipinski definition) is 4. The number of fused-ring (bicyclic) bond motifs is 1. The van der Waals surface area contributed by atoms with Crippen molar-refractivity contribution in [2.45, 2.75) is 45.2 Å². The zero-order chi connectivity index (χ0) is 17.3. The summed E-state index contributed by atoms with van der Waals surface area (Å²) in [6.45, 7) is 5.60. The zero-order valence-electron chi connectivity index (χ0n) is 14.6. The van der Waals surface area contributed by atoms with Crippen LogP contribution in [0.4, 0.5) is 0 Å². The largest absolute Gasteiger partial charge is 0.490 e. The number of rotatable bonds is 4. The first kappa shape index (κ1) is 17.5. The lowest BCUT2D eigenvalue weighted by Crippen LogP contribution is -2.44. The quantitative estimate of drug-likeness (QED) is 0.834. The third-order valence-corrected chi connectivity index (χ3v) is 6.93. The molecule has 1 saturated heterocycles. The van der Waals surface area contributed by atoms with E-state index >= 15 is 0 Å². The molecule has 1 aromatic rings. The molecule has 0 amide bonds. The van der Waals surface area contributed by atoms with E-state index in [1.807, 2.05) is 32.0 Å². The summed E-state index contributed by atoms with van der Waals surface area (Å²) in [5.41, 5.74) is 0.970. The monoisotopic (exact) mass is 354 g/mol. The molecule has 1 aromatic carbocycles. The molecule has 2 aliphatic heterocycles. The molecule has 1 atom stereocenters. The first-order valence-electron chi connectivity index (χ1n) is 8.55. The molecule has 0 saturated carbocycles. The number of hydrogen-bond donors (Lipinski definition) is 0. The van der Waals surface area contributed by atoms with Crippen molar-refractivity contribution in [3.8, 4) is 11.5 Å². The van der Waals surface area contributed by atoms with E-state index in [1.54, 1.807) is 11.4 Å². The van der Waals surface area contributed by atoms with Crippen molar-refractivity contribution in [3.05, 3.63) is 23.8 Å². The SMILES string of the molecule is CC(C)N(C)S(=O)(=O)N1CCC[C@@H]1c1ccc2c(c1)OCCCO2. The normalized spacial score (nSPS) is 22.1. The van der Waals surface area contributed by atoms with Gasteiger partial charge in [0.15, 0.2) is 11.5 Å². The van der Waals surface area contributed by atoms with Gasteiger partial charge < -0.3 is 9.47 Å². The van der Waals surface area contributed by atoms with Gasteiger partial charge in [-0.05, 0) is 44.4 Å². The summed E-state index contributed by atoms with van der Waals surface area (Å²) in [4.78, 5) is 0. The van der Waals surface area contributed by atoms with E-state index in [0.29, 0.717) is 25.5 Å². The third kappa shape index (κ3) is 3.25. The third-order valence-electron chi connectivity index (χ3n) is 4.75. The van der Waals surface area contributed by atoms with Gasteiger partial charge in [0.2, 0.25) is 0 Å². The molecule has 7 heteroatoms. The van der Waals surface area contributed by atoms with Crippen LogP contribution in [0.25, 0.3) is 0 Å². The lowest BCUT2D eigenvalue weighted by atomic mass is 10.0. The Morgan fingerprint density at radius 3 is 2.58 bits per heavy atom. The van der Waals surface area contributed by atoms with Gasteiger partial charge in [0.1, 0.15) is 0 Å². The summed E-state index contributed by atoms with van der Waals surface area (Å²) in [7, 11) is -1.83. The lowest BCUT2D eigenvalue weighted by Gasteiger charge is -2.31. The summed E-state index contributed by atoms with van der Waals surface area (Å²) in [5, 5.41) is 0. The Hall–Kier alpha value is -1.31. The Kier molecular flexibility index (Phi) is 5.03. The van der Waals surface area contributed by atoms with Crippen LogP contribution in [-0.2, 0) is 10.2 Å². The van der Waals surface area contributed by atoms with E-state index in [2.05, 4.69) is 0 Å². The second-order valence-electron chi connectivity index (χ2n) is 6.64. The van der Waals surface area contributed by atoms with Crippen LogP contribution in [-0.4, -0.2) is 49.9 Å². The molecule has 3 rings (SSSR count). The summed E-state index contributed by atoms with van der Waals surface area (Å²) in [6.07, 6.45) is 2.54. The van der Waals surface area contributed by atoms with Crippen LogP contribution in [0.15, 0.2) is 18.2 Å². The minimum absolute atomic E-state index is 0.0694. The highest BCUT2D eigenvalue weighted by atomic mass is 32.2. The van der Waals surface area contributed by atoms with E-state index in [9.17, 15) is 8.42 Å². The van der Waals surface area contributed by atoms with Gasteiger partial charge in [-0.3, -0.25) is 0 Å². The second-order valence-corrected chi connectivity index (χ2v) is 8.58. The molecule has 0 aromatic heterocycles. The maximum Gasteiger partial charge on any atom is 0.282 e. The van der Waals surface area contributed by atoms with Crippen LogP contribution < -0.4 is 9.47 Å². The average molecular weight is 354 g/mol. The fourth-order valence-corrected chi connectivity index (χ4v) is 4.94. The average Bonchev–Trinajstić information content (AvgIpc) is 2.94. The van der Waals surface area contributed by atoms with Gasteiger partial charge in [0.05, 0.1) is 19.3 Å². The molecule has 2 heterocycles. The molecule has 134 valence electrons. The maximum atomic E-state index is 12.9. The standard InChI is InChI=1S/C17H26N2O4S/c1-13(2)18(3)24(20,21)19-9-4-6-15(19)14-7-8-16-17(12-14)23-11-5-10-22-16/h7-8,12-13,15H,4-6,9-11H2,1-3H3/t15-/m1/s1. The Morgan fingerprint density at radius 2 is 1.88 bits per heavy atom. The maximum absolute atomic E-state index is 12.9. The summed E-state index contributed by atoms with van der Waals surface area (Å²) < 4.78 is 40.3. The van der Waals surface area contributed by atoms with Crippen LogP contribution in [0, 0.1) is 0 Å². The highest BCUT2D eigenvalue weighted by molar-refractivity contribution is 7.86. The molecule has 2 aliphatic rings. The molecule has 0 aliphatic carbocycles. The lowest BCUT2D eigenvalue weighted by molar-refractivity contribution is 0.296. The van der Waals surface area contributed by atoms with E-state index in [1.165, 1.54) is 4.31 Å². The molecular weight excluding hydrogens is 328 g/mol. The zero-order valence-corrected chi connectivity index (χ0v) is 15.4. The number of benzene rings is 1. The summed E-state index contributed by atoms with van der Waals surface area (Å²) in [5.74, 6) is 1.45. The number of nitrogens with zero attached hydrogens (tertiary/aromatic N) is 2. The second kappa shape index (κ2) is 6.90. The minimum atomic E-state index is -3.47. The molecule has 1 fully saturated rings. The van der Waals surface area contributed by atoms with Gasteiger partial charge in [0.25, 0.3) is 10.2 Å². The highest BCUT2D eigenvalue weighted by Crippen LogP contribution is 2.39. The predicted molar refractivity (Wildman–Crippen MR) is 92.5 cm³/mol. The Morgan fingerprint density at radius 1 is 1.17 bits per heavy atom. The fraction of sp³-hybridized carbons (Fsp3) is 0.647. The van der Waals surface area contributed by atoms with Crippen molar-refractivity contribution >= 4 is 10.2 Å². The summed E-state index contributed by atoms with van der Waals surface area (Å²) in [6, 6.07) is 5.58.